The van der Waals surface area contributed by atoms with Gasteiger partial charge < -0.3 is 10.1 Å². The van der Waals surface area contributed by atoms with Gasteiger partial charge in [0.05, 0.1) is 12.0 Å². The predicted molar refractivity (Wildman–Crippen MR) is 105 cm³/mol. The first-order chi connectivity index (χ1) is 13.3. The molecule has 0 aliphatic carbocycles. The normalized spacial score (nSPS) is 11.4. The fraction of sp³-hybridized carbons (Fsp3) is 0.350. The van der Waals surface area contributed by atoms with Gasteiger partial charge in [-0.2, -0.15) is 0 Å². The summed E-state index contributed by atoms with van der Waals surface area (Å²) >= 11 is 0. The highest BCUT2D eigenvalue weighted by molar-refractivity contribution is 7.89. The Bertz CT molecular complexity index is 868. The van der Waals surface area contributed by atoms with E-state index in [1.807, 2.05) is 24.3 Å². The second-order valence-electron chi connectivity index (χ2n) is 6.33. The Morgan fingerprint density at radius 3 is 2.36 bits per heavy atom. The largest absolute Gasteiger partial charge is 0.497 e. The van der Waals surface area contributed by atoms with Gasteiger partial charge in [0.1, 0.15) is 11.6 Å². The molecule has 0 aliphatic rings. The quantitative estimate of drug-likeness (QED) is 0.656. The van der Waals surface area contributed by atoms with Crippen molar-refractivity contribution in [2.24, 2.45) is 0 Å². The van der Waals surface area contributed by atoms with Crippen molar-refractivity contribution < 1.29 is 22.3 Å². The van der Waals surface area contributed by atoms with Crippen molar-refractivity contribution in [3.63, 3.8) is 0 Å². The summed E-state index contributed by atoms with van der Waals surface area (Å²) < 4.78 is 44.0. The Labute approximate surface area is 165 Å². The number of carbonyl (C=O) groups excluding carboxylic acids is 1. The molecular formula is C20H25FN2O4S. The Morgan fingerprint density at radius 2 is 1.75 bits per heavy atom. The van der Waals surface area contributed by atoms with Crippen molar-refractivity contribution >= 4 is 15.9 Å². The lowest BCUT2D eigenvalue weighted by atomic mass is 10.1. The van der Waals surface area contributed by atoms with Gasteiger partial charge in [-0.05, 0) is 54.8 Å². The number of benzene rings is 2. The van der Waals surface area contributed by atoms with Gasteiger partial charge in [0.2, 0.25) is 15.9 Å². The van der Waals surface area contributed by atoms with Crippen molar-refractivity contribution in [1.29, 1.82) is 0 Å². The number of nitrogens with zero attached hydrogens (tertiary/aromatic N) is 1. The zero-order valence-electron chi connectivity index (χ0n) is 16.0. The van der Waals surface area contributed by atoms with Gasteiger partial charge in [0.25, 0.3) is 0 Å². The molecule has 1 amide bonds. The minimum Gasteiger partial charge on any atom is -0.497 e. The molecule has 0 saturated carbocycles. The van der Waals surface area contributed by atoms with Crippen molar-refractivity contribution in [2.45, 2.75) is 24.2 Å². The van der Waals surface area contributed by atoms with Crippen LogP contribution in [-0.2, 0) is 21.2 Å². The summed E-state index contributed by atoms with van der Waals surface area (Å²) in [7, 11) is -0.634. The lowest BCUT2D eigenvalue weighted by Gasteiger charge is -2.17. The average molecular weight is 408 g/mol. The lowest BCUT2D eigenvalue weighted by Crippen LogP contribution is -2.30. The maximum atomic E-state index is 13.0. The second-order valence-corrected chi connectivity index (χ2v) is 8.38. The van der Waals surface area contributed by atoms with E-state index in [4.69, 9.17) is 4.74 Å². The van der Waals surface area contributed by atoms with E-state index < -0.39 is 15.8 Å². The molecule has 0 bridgehead atoms. The van der Waals surface area contributed by atoms with Crippen LogP contribution in [0.5, 0.6) is 5.75 Å². The van der Waals surface area contributed by atoms with Crippen LogP contribution in [-0.4, -0.2) is 45.9 Å². The summed E-state index contributed by atoms with van der Waals surface area (Å²) in [6.45, 7) is 0.709. The monoisotopic (exact) mass is 408 g/mol. The third-order valence-electron chi connectivity index (χ3n) is 4.29. The van der Waals surface area contributed by atoms with Crippen LogP contribution in [0.3, 0.4) is 0 Å². The number of halogens is 1. The highest BCUT2D eigenvalue weighted by Crippen LogP contribution is 2.15. The maximum absolute atomic E-state index is 13.0. The molecule has 1 N–H and O–H groups in total. The predicted octanol–water partition coefficient (Wildman–Crippen LogP) is 2.59. The topological polar surface area (TPSA) is 75.7 Å². The fourth-order valence-electron chi connectivity index (χ4n) is 2.60. The van der Waals surface area contributed by atoms with Crippen LogP contribution < -0.4 is 10.1 Å². The van der Waals surface area contributed by atoms with Gasteiger partial charge in [0.15, 0.2) is 0 Å². The zero-order chi connectivity index (χ0) is 20.6. The molecule has 2 aromatic rings. The van der Waals surface area contributed by atoms with Crippen molar-refractivity contribution in [3.8, 4) is 5.75 Å². The molecule has 0 heterocycles. The molecule has 28 heavy (non-hydrogen) atoms. The minimum atomic E-state index is -3.69. The SMILES string of the molecule is COc1ccc(CCNC(=O)CCCN(C)S(=O)(=O)c2ccc(F)cc2)cc1. The summed E-state index contributed by atoms with van der Waals surface area (Å²) in [4.78, 5) is 12.0. The molecule has 152 valence electrons. The van der Waals surface area contributed by atoms with E-state index >= 15 is 0 Å². The van der Waals surface area contributed by atoms with Crippen molar-refractivity contribution in [2.75, 3.05) is 27.2 Å². The van der Waals surface area contributed by atoms with E-state index in [1.165, 1.54) is 23.5 Å². The highest BCUT2D eigenvalue weighted by atomic mass is 32.2. The van der Waals surface area contributed by atoms with Crippen LogP contribution in [0.15, 0.2) is 53.4 Å². The van der Waals surface area contributed by atoms with Gasteiger partial charge in [0, 0.05) is 26.6 Å². The number of nitrogens with one attached hydrogen (secondary N) is 1. The zero-order valence-corrected chi connectivity index (χ0v) is 16.8. The minimum absolute atomic E-state index is 0.0281. The smallest absolute Gasteiger partial charge is 0.242 e. The number of ether oxygens (including phenoxy) is 1. The van der Waals surface area contributed by atoms with Crippen molar-refractivity contribution in [1.82, 2.24) is 9.62 Å². The van der Waals surface area contributed by atoms with E-state index in [-0.39, 0.29) is 23.8 Å². The third kappa shape index (κ3) is 6.31. The van der Waals surface area contributed by atoms with E-state index in [2.05, 4.69) is 5.32 Å². The fourth-order valence-corrected chi connectivity index (χ4v) is 3.81. The number of hydrogen-bond acceptors (Lipinski definition) is 4. The summed E-state index contributed by atoms with van der Waals surface area (Å²) in [6, 6.07) is 12.3. The number of rotatable bonds is 10. The summed E-state index contributed by atoms with van der Waals surface area (Å²) in [5, 5.41) is 2.83. The molecule has 0 saturated heterocycles. The molecule has 0 aromatic heterocycles. The van der Waals surface area contributed by atoms with Crippen LogP contribution in [0.2, 0.25) is 0 Å². The molecule has 2 rings (SSSR count). The number of carbonyl (C=O) groups is 1. The van der Waals surface area contributed by atoms with Crippen LogP contribution in [0.4, 0.5) is 4.39 Å². The first-order valence-corrected chi connectivity index (χ1v) is 10.4. The summed E-state index contributed by atoms with van der Waals surface area (Å²) in [5.74, 6) is 0.168. The average Bonchev–Trinajstić information content (AvgIpc) is 2.68. The molecule has 0 spiro atoms. The van der Waals surface area contributed by atoms with Gasteiger partial charge >= 0.3 is 0 Å². The Balaban J connectivity index is 1.71. The molecule has 6 nitrogen and oxygen atoms in total. The Morgan fingerprint density at radius 1 is 1.11 bits per heavy atom. The summed E-state index contributed by atoms with van der Waals surface area (Å²) in [6.07, 6.45) is 1.33. The molecule has 8 heteroatoms. The number of sulfonamides is 1. The first kappa shape index (κ1) is 21.8. The highest BCUT2D eigenvalue weighted by Gasteiger charge is 2.20. The molecule has 0 atom stereocenters. The first-order valence-electron chi connectivity index (χ1n) is 8.94. The standard InChI is InChI=1S/C20H25FN2O4S/c1-23(28(25,26)19-11-7-17(21)8-12-19)15-3-4-20(24)22-14-13-16-5-9-18(27-2)10-6-16/h5-12H,3-4,13-15H2,1-2H3,(H,22,24). The van der Waals surface area contributed by atoms with Crippen molar-refractivity contribution in [3.05, 3.63) is 59.9 Å². The number of methoxy groups -OCH3 is 1. The van der Waals surface area contributed by atoms with Crippen LogP contribution >= 0.6 is 0 Å². The third-order valence-corrected chi connectivity index (χ3v) is 6.16. The van der Waals surface area contributed by atoms with E-state index in [0.717, 1.165) is 23.4 Å². The lowest BCUT2D eigenvalue weighted by molar-refractivity contribution is -0.121. The maximum Gasteiger partial charge on any atom is 0.242 e. The van der Waals surface area contributed by atoms with Crippen LogP contribution in [0.25, 0.3) is 0 Å². The summed E-state index contributed by atoms with van der Waals surface area (Å²) in [5.41, 5.74) is 1.09. The van der Waals surface area contributed by atoms with E-state index in [0.29, 0.717) is 19.4 Å². The molecule has 0 radical (unpaired) electrons. The van der Waals surface area contributed by atoms with Gasteiger partial charge in [-0.3, -0.25) is 4.79 Å². The molecule has 2 aromatic carbocycles. The van der Waals surface area contributed by atoms with Gasteiger partial charge in [-0.1, -0.05) is 12.1 Å². The molecule has 0 aliphatic heterocycles. The Kier molecular flexibility index (Phi) is 7.95. The van der Waals surface area contributed by atoms with Gasteiger partial charge in [-0.15, -0.1) is 0 Å². The van der Waals surface area contributed by atoms with Gasteiger partial charge in [-0.25, -0.2) is 17.1 Å². The molecule has 0 unspecified atom stereocenters. The van der Waals surface area contributed by atoms with Crippen LogP contribution in [0, 0.1) is 5.82 Å². The Hall–Kier alpha value is -2.45. The second kappa shape index (κ2) is 10.2. The van der Waals surface area contributed by atoms with E-state index in [1.54, 1.807) is 7.11 Å². The number of amides is 1. The van der Waals surface area contributed by atoms with Crippen LogP contribution in [0.1, 0.15) is 18.4 Å². The number of hydrogen-bond donors (Lipinski definition) is 1. The van der Waals surface area contributed by atoms with E-state index in [9.17, 15) is 17.6 Å². The molecule has 0 fully saturated rings. The molecular weight excluding hydrogens is 383 g/mol.